The smallest absolute Gasteiger partial charge is 0.295 e. The summed E-state index contributed by atoms with van der Waals surface area (Å²) >= 11 is 6.09. The van der Waals surface area contributed by atoms with E-state index in [0.29, 0.717) is 49.8 Å². The predicted octanol–water partition coefficient (Wildman–Crippen LogP) is 3.60. The molecule has 0 aliphatic carbocycles. The maximum Gasteiger partial charge on any atom is 0.295 e. The Bertz CT molecular complexity index is 1190. The number of methoxy groups -OCH3 is 1. The van der Waals surface area contributed by atoms with Crippen molar-refractivity contribution in [2.45, 2.75) is 19.4 Å². The second kappa shape index (κ2) is 11.9. The molecule has 0 unspecified atom stereocenters. The average Bonchev–Trinajstić information content (AvgIpc) is 3.15. The van der Waals surface area contributed by atoms with E-state index in [-0.39, 0.29) is 21.9 Å². The molecule has 37 heavy (non-hydrogen) atoms. The zero-order valence-electron chi connectivity index (χ0n) is 20.9. The lowest BCUT2D eigenvalue weighted by Crippen LogP contribution is -2.39. The van der Waals surface area contributed by atoms with Crippen LogP contribution in [0.5, 0.6) is 17.2 Å². The quantitative estimate of drug-likeness (QED) is 0.287. The minimum absolute atomic E-state index is 0.0262. The van der Waals surface area contributed by atoms with Gasteiger partial charge in [0.05, 0.1) is 44.1 Å². The number of carbonyl (C=O) groups excluding carboxylic acids is 2. The predicted molar refractivity (Wildman–Crippen MR) is 138 cm³/mol. The summed E-state index contributed by atoms with van der Waals surface area (Å²) in [6.07, 6.45) is 0.625. The van der Waals surface area contributed by atoms with Gasteiger partial charge >= 0.3 is 0 Å². The molecule has 0 spiro atoms. The van der Waals surface area contributed by atoms with Crippen LogP contribution in [0.1, 0.15) is 30.5 Å². The molecule has 0 bridgehead atoms. The molecule has 2 aliphatic heterocycles. The Hall–Kier alpha value is -3.27. The summed E-state index contributed by atoms with van der Waals surface area (Å²) in [6, 6.07) is 8.40. The van der Waals surface area contributed by atoms with E-state index in [0.717, 1.165) is 19.6 Å². The standard InChI is InChI=1S/C27H31ClN2O7/c1-3-37-21-8-5-17(15-22(21)35-2)24-23(25(32)19-16-18(28)6-7-20(19)31)26(33)27(34)30(24)10-4-9-29-11-13-36-14-12-29/h5-8,15-16,24,31-32H,3-4,9-14H2,1-2H3/t24-/m0/s1. The highest BCUT2D eigenvalue weighted by molar-refractivity contribution is 6.46. The maximum atomic E-state index is 13.3. The van der Waals surface area contributed by atoms with E-state index in [1.807, 2.05) is 6.92 Å². The Balaban J connectivity index is 1.75. The zero-order chi connectivity index (χ0) is 26.5. The van der Waals surface area contributed by atoms with Crippen LogP contribution in [-0.2, 0) is 14.3 Å². The second-order valence-corrected chi connectivity index (χ2v) is 9.24. The number of carbonyl (C=O) groups is 2. The van der Waals surface area contributed by atoms with Crippen LogP contribution < -0.4 is 9.47 Å². The van der Waals surface area contributed by atoms with Gasteiger partial charge in [-0.15, -0.1) is 0 Å². The van der Waals surface area contributed by atoms with E-state index in [2.05, 4.69) is 4.90 Å². The first-order chi connectivity index (χ1) is 17.8. The molecule has 2 aromatic carbocycles. The van der Waals surface area contributed by atoms with Gasteiger partial charge in [0.25, 0.3) is 11.7 Å². The van der Waals surface area contributed by atoms with Crippen molar-refractivity contribution in [2.24, 2.45) is 0 Å². The van der Waals surface area contributed by atoms with E-state index < -0.39 is 23.5 Å². The number of rotatable bonds is 9. The molecule has 0 saturated carbocycles. The second-order valence-electron chi connectivity index (χ2n) is 8.80. The van der Waals surface area contributed by atoms with Crippen LogP contribution in [0.2, 0.25) is 5.02 Å². The van der Waals surface area contributed by atoms with Gasteiger partial charge in [0.15, 0.2) is 11.5 Å². The first-order valence-corrected chi connectivity index (χ1v) is 12.6. The Kier molecular flexibility index (Phi) is 8.58. The molecule has 1 atom stereocenters. The molecule has 2 heterocycles. The normalized spacial score (nSPS) is 19.9. The number of hydrogen-bond donors (Lipinski definition) is 2. The number of ether oxygens (including phenoxy) is 3. The van der Waals surface area contributed by atoms with Crippen LogP contribution in [0.4, 0.5) is 0 Å². The van der Waals surface area contributed by atoms with Crippen LogP contribution >= 0.6 is 11.6 Å². The monoisotopic (exact) mass is 530 g/mol. The van der Waals surface area contributed by atoms with Gasteiger partial charge in [-0.05, 0) is 49.2 Å². The summed E-state index contributed by atoms with van der Waals surface area (Å²) in [5, 5.41) is 21.9. The summed E-state index contributed by atoms with van der Waals surface area (Å²) in [4.78, 5) is 30.3. The number of likely N-dealkylation sites (tertiary alicyclic amines) is 1. The number of phenolic OH excluding ortho intramolecular Hbond substituents is 1. The lowest BCUT2D eigenvalue weighted by atomic mass is 9.94. The largest absolute Gasteiger partial charge is 0.507 e. The number of phenols is 1. The van der Waals surface area contributed by atoms with Gasteiger partial charge in [0, 0.05) is 31.2 Å². The lowest BCUT2D eigenvalue weighted by Gasteiger charge is -2.29. The molecule has 198 valence electrons. The number of aliphatic hydroxyl groups is 1. The van der Waals surface area contributed by atoms with Gasteiger partial charge in [0.2, 0.25) is 0 Å². The fraction of sp³-hybridized carbons (Fsp3) is 0.407. The van der Waals surface area contributed by atoms with E-state index in [4.69, 9.17) is 25.8 Å². The van der Waals surface area contributed by atoms with E-state index in [1.165, 1.54) is 30.2 Å². The number of aromatic hydroxyl groups is 1. The van der Waals surface area contributed by atoms with Crippen LogP contribution in [0.15, 0.2) is 42.0 Å². The van der Waals surface area contributed by atoms with Gasteiger partial charge in [0.1, 0.15) is 11.5 Å². The number of halogens is 1. The van der Waals surface area contributed by atoms with Crippen molar-refractivity contribution in [1.29, 1.82) is 0 Å². The average molecular weight is 531 g/mol. The minimum atomic E-state index is -0.896. The van der Waals surface area contributed by atoms with Crippen molar-refractivity contribution in [3.63, 3.8) is 0 Å². The fourth-order valence-electron chi connectivity index (χ4n) is 4.72. The summed E-state index contributed by atoms with van der Waals surface area (Å²) in [7, 11) is 1.50. The molecule has 2 saturated heterocycles. The topological polar surface area (TPSA) is 109 Å². The minimum Gasteiger partial charge on any atom is -0.507 e. The number of ketones is 1. The third-order valence-corrected chi connectivity index (χ3v) is 6.77. The highest BCUT2D eigenvalue weighted by Gasteiger charge is 2.46. The Morgan fingerprint density at radius 1 is 1.11 bits per heavy atom. The summed E-state index contributed by atoms with van der Waals surface area (Å²) in [6.45, 7) is 6.27. The Labute approximate surface area is 220 Å². The van der Waals surface area contributed by atoms with Crippen molar-refractivity contribution in [3.05, 3.63) is 58.1 Å². The number of Topliss-reactive ketones (excluding diaryl/α,β-unsaturated/α-hetero) is 1. The third-order valence-electron chi connectivity index (χ3n) is 6.53. The lowest BCUT2D eigenvalue weighted by molar-refractivity contribution is -0.140. The van der Waals surface area contributed by atoms with Crippen LogP contribution in [0.3, 0.4) is 0 Å². The Morgan fingerprint density at radius 3 is 2.57 bits per heavy atom. The first-order valence-electron chi connectivity index (χ1n) is 12.2. The molecule has 0 radical (unpaired) electrons. The van der Waals surface area contributed by atoms with Gasteiger partial charge in [-0.3, -0.25) is 14.5 Å². The van der Waals surface area contributed by atoms with Crippen molar-refractivity contribution < 1.29 is 34.0 Å². The van der Waals surface area contributed by atoms with Crippen LogP contribution in [0, 0.1) is 0 Å². The van der Waals surface area contributed by atoms with Gasteiger partial charge in [-0.25, -0.2) is 0 Å². The number of aliphatic hydroxyl groups excluding tert-OH is 1. The van der Waals surface area contributed by atoms with Crippen molar-refractivity contribution in [1.82, 2.24) is 9.80 Å². The molecule has 2 N–H and O–H groups in total. The molecule has 0 aromatic heterocycles. The highest BCUT2D eigenvalue weighted by atomic mass is 35.5. The fourth-order valence-corrected chi connectivity index (χ4v) is 4.89. The number of amides is 1. The van der Waals surface area contributed by atoms with Crippen molar-refractivity contribution in [2.75, 3.05) is 53.1 Å². The third kappa shape index (κ3) is 5.69. The van der Waals surface area contributed by atoms with E-state index in [1.54, 1.807) is 18.2 Å². The molecule has 4 rings (SSSR count). The zero-order valence-corrected chi connectivity index (χ0v) is 21.7. The van der Waals surface area contributed by atoms with Gasteiger partial charge in [-0.2, -0.15) is 0 Å². The molecular formula is C27H31ClN2O7. The van der Waals surface area contributed by atoms with Gasteiger partial charge < -0.3 is 29.3 Å². The molecule has 10 heteroatoms. The SMILES string of the molecule is CCOc1ccc([C@H]2C(=C(O)c3cc(Cl)ccc3O)C(=O)C(=O)N2CCCN2CCOCC2)cc1OC. The molecular weight excluding hydrogens is 500 g/mol. The highest BCUT2D eigenvalue weighted by Crippen LogP contribution is 2.43. The summed E-state index contributed by atoms with van der Waals surface area (Å²) in [5.41, 5.74) is 0.413. The molecule has 2 aromatic rings. The molecule has 1 amide bonds. The number of morpholine rings is 1. The van der Waals surface area contributed by atoms with E-state index in [9.17, 15) is 19.8 Å². The maximum absolute atomic E-state index is 13.3. The summed E-state index contributed by atoms with van der Waals surface area (Å²) < 4.78 is 16.5. The van der Waals surface area contributed by atoms with Crippen LogP contribution in [0.25, 0.3) is 5.76 Å². The first kappa shape index (κ1) is 26.8. The Morgan fingerprint density at radius 2 is 1.86 bits per heavy atom. The molecule has 9 nitrogen and oxygen atoms in total. The number of benzene rings is 2. The van der Waals surface area contributed by atoms with Crippen molar-refractivity contribution >= 4 is 29.1 Å². The number of nitrogens with zero attached hydrogens (tertiary/aromatic N) is 2. The molecule has 2 aliphatic rings. The molecule has 2 fully saturated rings. The van der Waals surface area contributed by atoms with E-state index >= 15 is 0 Å². The number of hydrogen-bond acceptors (Lipinski definition) is 8. The van der Waals surface area contributed by atoms with Crippen LogP contribution in [-0.4, -0.2) is 84.8 Å². The van der Waals surface area contributed by atoms with Crippen molar-refractivity contribution in [3.8, 4) is 17.2 Å². The summed E-state index contributed by atoms with van der Waals surface area (Å²) in [5.74, 6) is -1.35. The van der Waals surface area contributed by atoms with Gasteiger partial charge in [-0.1, -0.05) is 17.7 Å².